The fourth-order valence-corrected chi connectivity index (χ4v) is 8.60. The highest BCUT2D eigenvalue weighted by molar-refractivity contribution is 7.91. The number of ether oxygens (including phenoxy) is 6. The van der Waals surface area contributed by atoms with E-state index in [0.29, 0.717) is 115 Å². The summed E-state index contributed by atoms with van der Waals surface area (Å²) in [5.74, 6) is -1.57. The first-order valence-electron chi connectivity index (χ1n) is 23.7. The zero-order chi connectivity index (χ0) is 52.7. The molecule has 1 atom stereocenters. The third-order valence-corrected chi connectivity index (χ3v) is 12.6. The second-order valence-corrected chi connectivity index (χ2v) is 18.2. The predicted molar refractivity (Wildman–Crippen MR) is 263 cm³/mol. The second-order valence-electron chi connectivity index (χ2n) is 16.1. The number of aliphatic hydroxyl groups excluding tert-OH is 1. The molecule has 4 rings (SSSR count). The van der Waals surface area contributed by atoms with Gasteiger partial charge in [0.25, 0.3) is 11.8 Å². The molecule has 0 radical (unpaired) electrons. The molecule has 0 saturated heterocycles. The average Bonchev–Trinajstić information content (AvgIpc) is 3.68. The Morgan fingerprint density at radius 3 is 1.56 bits per heavy atom. The van der Waals surface area contributed by atoms with Crippen LogP contribution in [0.3, 0.4) is 0 Å². The van der Waals surface area contributed by atoms with E-state index in [2.05, 4.69) is 36.0 Å². The van der Waals surface area contributed by atoms with Gasteiger partial charge in [0.05, 0.1) is 102 Å². The van der Waals surface area contributed by atoms with E-state index >= 15 is 0 Å². The molecule has 0 fully saturated rings. The van der Waals surface area contributed by atoms with Crippen LogP contribution in [0.2, 0.25) is 0 Å². The number of halogens is 3. The SMILES string of the molecule is [N-]=[N+]=NCCOCCOCCOCCNC(=O)c1ccc2c3ccc(C(=O)NCCOCCOCCOCCN=[N+]=[N-])cc3n(CCCNC(=O)CCCCC(O)CS(=O)(=O)c3ccc(C(F)(F)F)cc3)c2c1. The molecule has 0 aliphatic heterocycles. The lowest BCUT2D eigenvalue weighted by Gasteiger charge is -2.13. The second kappa shape index (κ2) is 32.9. The molecule has 400 valence electrons. The zero-order valence-corrected chi connectivity index (χ0v) is 41.2. The summed E-state index contributed by atoms with van der Waals surface area (Å²) < 4.78 is 98.6. The number of hydrogen-bond donors (Lipinski definition) is 4. The van der Waals surface area contributed by atoms with Crippen LogP contribution in [0.25, 0.3) is 42.7 Å². The van der Waals surface area contributed by atoms with Gasteiger partial charge in [-0.3, -0.25) is 14.4 Å². The number of hydrogen-bond acceptors (Lipinski definition) is 14. The van der Waals surface area contributed by atoms with E-state index in [1.807, 2.05) is 16.7 Å². The number of aryl methyl sites for hydroxylation is 1. The van der Waals surface area contributed by atoms with Gasteiger partial charge in [-0.15, -0.1) is 0 Å². The van der Waals surface area contributed by atoms with Crippen molar-refractivity contribution in [2.24, 2.45) is 10.2 Å². The van der Waals surface area contributed by atoms with Crippen molar-refractivity contribution in [3.8, 4) is 0 Å². The fourth-order valence-electron chi connectivity index (χ4n) is 7.18. The van der Waals surface area contributed by atoms with Crippen molar-refractivity contribution in [1.82, 2.24) is 20.5 Å². The first-order chi connectivity index (χ1) is 35.2. The van der Waals surface area contributed by atoms with E-state index in [1.165, 1.54) is 0 Å². The van der Waals surface area contributed by atoms with Crippen molar-refractivity contribution in [2.45, 2.75) is 55.8 Å². The molecule has 26 heteroatoms. The Kier molecular flexibility index (Phi) is 26.8. The average molecular weight is 1050 g/mol. The van der Waals surface area contributed by atoms with E-state index in [9.17, 15) is 41.1 Å². The number of sulfone groups is 1. The van der Waals surface area contributed by atoms with Crippen LogP contribution in [0.1, 0.15) is 58.4 Å². The van der Waals surface area contributed by atoms with Gasteiger partial charge in [0, 0.05) is 88.4 Å². The number of aliphatic hydroxyl groups is 1. The standard InChI is InChI=1S/C47H63F3N10O12S/c48-47(49,50)37-8-10-39(11-9-37)73(65,66)34-38(61)4-1-2-5-44(62)53-14-3-19-60-42-32-35(45(63)54-15-20-67-24-28-71-30-26-69-22-17-56-58-51)6-12-40(42)41-13-7-36(33-43(41)60)46(64)55-16-21-68-25-29-72-31-27-70-23-18-57-59-52/h6-13,32-33,38,61H,1-5,14-31,34H2,(H,53,62)(H,54,63)(H,55,64). The van der Waals surface area contributed by atoms with Gasteiger partial charge < -0.3 is 54.0 Å². The highest BCUT2D eigenvalue weighted by Crippen LogP contribution is 2.32. The Hall–Kier alpha value is -6.05. The van der Waals surface area contributed by atoms with Crippen molar-refractivity contribution >= 4 is 49.4 Å². The van der Waals surface area contributed by atoms with Gasteiger partial charge in [-0.2, -0.15) is 13.2 Å². The number of carbonyl (C=O) groups excluding carboxylic acids is 3. The number of nitrogens with zero attached hydrogens (tertiary/aromatic N) is 7. The van der Waals surface area contributed by atoms with E-state index in [-0.39, 0.29) is 81.4 Å². The molecule has 1 aromatic heterocycles. The Labute approximate surface area is 420 Å². The maximum atomic E-state index is 13.3. The van der Waals surface area contributed by atoms with Gasteiger partial charge >= 0.3 is 6.18 Å². The summed E-state index contributed by atoms with van der Waals surface area (Å²) in [5, 5.41) is 27.5. The summed E-state index contributed by atoms with van der Waals surface area (Å²) in [5.41, 5.74) is 17.8. The molecule has 1 heterocycles. The van der Waals surface area contributed by atoms with Gasteiger partial charge in [0.1, 0.15) is 0 Å². The van der Waals surface area contributed by atoms with E-state index in [1.54, 1.807) is 24.3 Å². The summed E-state index contributed by atoms with van der Waals surface area (Å²) in [7, 11) is -4.05. The number of unbranched alkanes of at least 4 members (excludes halogenated alkanes) is 1. The highest BCUT2D eigenvalue weighted by Gasteiger charge is 2.31. The molecule has 0 spiro atoms. The van der Waals surface area contributed by atoms with Crippen molar-refractivity contribution in [3.63, 3.8) is 0 Å². The van der Waals surface area contributed by atoms with E-state index in [0.717, 1.165) is 33.9 Å². The van der Waals surface area contributed by atoms with Gasteiger partial charge in [-0.1, -0.05) is 28.8 Å². The van der Waals surface area contributed by atoms with Crippen LogP contribution in [0.5, 0.6) is 0 Å². The maximum Gasteiger partial charge on any atom is 0.416 e. The highest BCUT2D eigenvalue weighted by atomic mass is 32.2. The molecule has 0 saturated carbocycles. The smallest absolute Gasteiger partial charge is 0.392 e. The number of benzene rings is 3. The van der Waals surface area contributed by atoms with Crippen molar-refractivity contribution in [2.75, 3.05) is 118 Å². The van der Waals surface area contributed by atoms with Crippen LogP contribution in [-0.4, -0.2) is 160 Å². The van der Waals surface area contributed by atoms with Crippen LogP contribution in [0.4, 0.5) is 13.2 Å². The number of carbonyl (C=O) groups is 3. The van der Waals surface area contributed by atoms with Crippen molar-refractivity contribution in [1.29, 1.82) is 0 Å². The predicted octanol–water partition coefficient (Wildman–Crippen LogP) is 5.89. The topological polar surface area (TPSA) is 300 Å². The monoisotopic (exact) mass is 1050 g/mol. The number of fused-ring (bicyclic) bond motifs is 3. The molecule has 4 N–H and O–H groups in total. The molecule has 3 amide bonds. The minimum Gasteiger partial charge on any atom is -0.392 e. The minimum atomic E-state index is -4.62. The van der Waals surface area contributed by atoms with Crippen LogP contribution in [0, 0.1) is 0 Å². The maximum absolute atomic E-state index is 13.3. The van der Waals surface area contributed by atoms with Gasteiger partial charge in [0.15, 0.2) is 9.84 Å². The van der Waals surface area contributed by atoms with Gasteiger partial charge in [0.2, 0.25) is 5.91 Å². The zero-order valence-electron chi connectivity index (χ0n) is 40.4. The molecule has 4 aromatic rings. The Balaban J connectivity index is 1.29. The lowest BCUT2D eigenvalue weighted by Crippen LogP contribution is -2.27. The number of azide groups is 2. The Morgan fingerprint density at radius 2 is 1.10 bits per heavy atom. The summed E-state index contributed by atoms with van der Waals surface area (Å²) in [6.07, 6.45) is -4.57. The molecule has 73 heavy (non-hydrogen) atoms. The van der Waals surface area contributed by atoms with E-state index in [4.69, 9.17) is 39.5 Å². The summed E-state index contributed by atoms with van der Waals surface area (Å²) in [6, 6.07) is 13.8. The number of alkyl halides is 3. The first kappa shape index (κ1) is 59.5. The fraction of sp³-hybridized carbons (Fsp3) is 0.553. The van der Waals surface area contributed by atoms with Crippen LogP contribution < -0.4 is 16.0 Å². The van der Waals surface area contributed by atoms with Crippen molar-refractivity contribution < 1.29 is 69.5 Å². The molecular formula is C47H63F3N10O12S. The molecule has 22 nitrogen and oxygen atoms in total. The third kappa shape index (κ3) is 21.9. The quantitative estimate of drug-likeness (QED) is 0.0177. The Bertz CT molecular complexity index is 2450. The summed E-state index contributed by atoms with van der Waals surface area (Å²) >= 11 is 0. The number of nitrogens with one attached hydrogen (secondary N) is 3. The molecule has 0 aliphatic rings. The van der Waals surface area contributed by atoms with Crippen LogP contribution in [-0.2, 0) is 55.8 Å². The first-order valence-corrected chi connectivity index (χ1v) is 25.4. The van der Waals surface area contributed by atoms with Crippen LogP contribution in [0.15, 0.2) is 75.8 Å². The lowest BCUT2D eigenvalue weighted by atomic mass is 10.1. The molecule has 0 bridgehead atoms. The van der Waals surface area contributed by atoms with Gasteiger partial charge in [-0.05, 0) is 78.9 Å². The molecular weight excluding hydrogens is 986 g/mol. The number of amides is 3. The molecule has 1 unspecified atom stereocenters. The summed E-state index contributed by atoms with van der Waals surface area (Å²) in [6.45, 7) is 5.44. The summed E-state index contributed by atoms with van der Waals surface area (Å²) in [4.78, 5) is 44.4. The van der Waals surface area contributed by atoms with Gasteiger partial charge in [-0.25, -0.2) is 8.42 Å². The number of aromatic nitrogens is 1. The number of rotatable bonds is 38. The molecule has 3 aromatic carbocycles. The third-order valence-electron chi connectivity index (χ3n) is 10.8. The Morgan fingerprint density at radius 1 is 0.630 bits per heavy atom. The molecule has 0 aliphatic carbocycles. The minimum absolute atomic E-state index is 0.0650. The van der Waals surface area contributed by atoms with Crippen molar-refractivity contribution in [3.05, 3.63) is 98.2 Å². The lowest BCUT2D eigenvalue weighted by molar-refractivity contribution is -0.137. The van der Waals surface area contributed by atoms with E-state index < -0.39 is 33.4 Å². The normalized spacial score (nSPS) is 12.1. The largest absolute Gasteiger partial charge is 0.416 e. The van der Waals surface area contributed by atoms with Crippen LogP contribution >= 0.6 is 0 Å².